The Morgan fingerprint density at radius 2 is 1.33 bits per heavy atom. The van der Waals surface area contributed by atoms with Crippen LogP contribution in [0.3, 0.4) is 0 Å². The van der Waals surface area contributed by atoms with Gasteiger partial charge in [0.15, 0.2) is 5.58 Å². The highest BCUT2D eigenvalue weighted by molar-refractivity contribution is 6.22. The summed E-state index contributed by atoms with van der Waals surface area (Å²) >= 11 is 0. The Hall–Kier alpha value is -6.24. The molecule has 0 spiro atoms. The van der Waals surface area contributed by atoms with Crippen LogP contribution in [-0.2, 0) is 0 Å². The van der Waals surface area contributed by atoms with Crippen molar-refractivity contribution in [1.82, 2.24) is 15.6 Å². The number of hydrogen-bond acceptors (Lipinski definition) is 6. The molecule has 48 heavy (non-hydrogen) atoms. The van der Waals surface area contributed by atoms with Gasteiger partial charge >= 0.3 is 0 Å². The van der Waals surface area contributed by atoms with Gasteiger partial charge in [0.1, 0.15) is 40.4 Å². The van der Waals surface area contributed by atoms with E-state index >= 15 is 0 Å². The van der Waals surface area contributed by atoms with E-state index in [0.29, 0.717) is 0 Å². The molecule has 2 unspecified atom stereocenters. The Morgan fingerprint density at radius 3 is 2.27 bits per heavy atom. The van der Waals surface area contributed by atoms with Crippen molar-refractivity contribution < 1.29 is 8.83 Å². The zero-order chi connectivity index (χ0) is 31.6. The quantitative estimate of drug-likeness (QED) is 0.205. The Labute approximate surface area is 275 Å². The molecule has 0 aliphatic carbocycles. The van der Waals surface area contributed by atoms with E-state index in [1.54, 1.807) is 0 Å². The first-order chi connectivity index (χ1) is 23.8. The van der Waals surface area contributed by atoms with Crippen LogP contribution < -0.4 is 10.6 Å². The van der Waals surface area contributed by atoms with Crippen LogP contribution in [0.25, 0.3) is 65.9 Å². The molecule has 4 heterocycles. The highest BCUT2D eigenvalue weighted by atomic mass is 16.3. The van der Waals surface area contributed by atoms with Gasteiger partial charge in [-0.25, -0.2) is 4.99 Å². The minimum absolute atomic E-state index is 0.179. The summed E-state index contributed by atoms with van der Waals surface area (Å²) in [5.41, 5.74) is 9.17. The molecule has 0 radical (unpaired) electrons. The van der Waals surface area contributed by atoms with Crippen molar-refractivity contribution in [1.29, 1.82) is 0 Å². The van der Waals surface area contributed by atoms with Crippen LogP contribution >= 0.6 is 0 Å². The third kappa shape index (κ3) is 4.24. The lowest BCUT2D eigenvalue weighted by molar-refractivity contribution is 0.409. The SMILES string of the molecule is c1ccc(C2NC(c3ccc(-c4cccc5oc6ccccc6c45)c4oc5cccnc5c34)=NC(c3ccc4ccccc4c3)N2)cc1. The number of nitrogens with zero attached hydrogens (tertiary/aromatic N) is 2. The van der Waals surface area contributed by atoms with Gasteiger partial charge in [-0.15, -0.1) is 0 Å². The van der Waals surface area contributed by atoms with Crippen molar-refractivity contribution >= 4 is 60.6 Å². The number of para-hydroxylation sites is 1. The van der Waals surface area contributed by atoms with Gasteiger partial charge in [-0.2, -0.15) is 0 Å². The minimum atomic E-state index is -0.289. The Morgan fingerprint density at radius 1 is 0.542 bits per heavy atom. The molecule has 1 aliphatic rings. The standard InChI is InChI=1S/C42H28N4O2/c1-2-11-26(12-3-1)40-44-41(28-20-19-25-10-4-5-13-27(25)24-28)46-42(45-40)32-22-21-30(39-37(32)38-35(48-39)18-9-23-43-38)29-15-8-17-34-36(29)31-14-6-7-16-33(31)47-34/h1-24,40-41,44H,(H,45,46). The number of hydrogen-bond donors (Lipinski definition) is 2. The summed E-state index contributed by atoms with van der Waals surface area (Å²) in [6.45, 7) is 0. The summed E-state index contributed by atoms with van der Waals surface area (Å²) in [5, 5.41) is 12.9. The average Bonchev–Trinajstić information content (AvgIpc) is 3.74. The molecule has 10 rings (SSSR count). The molecule has 9 aromatic rings. The maximum atomic E-state index is 6.69. The predicted octanol–water partition coefficient (Wildman–Crippen LogP) is 10.0. The lowest BCUT2D eigenvalue weighted by Gasteiger charge is -2.32. The van der Waals surface area contributed by atoms with E-state index in [-0.39, 0.29) is 12.3 Å². The number of nitrogens with one attached hydrogen (secondary N) is 2. The van der Waals surface area contributed by atoms with Gasteiger partial charge in [0.05, 0.1) is 5.39 Å². The lowest BCUT2D eigenvalue weighted by Crippen LogP contribution is -2.45. The predicted molar refractivity (Wildman–Crippen MR) is 193 cm³/mol. The first-order valence-corrected chi connectivity index (χ1v) is 16.1. The lowest BCUT2D eigenvalue weighted by atomic mass is 9.95. The smallest absolute Gasteiger partial charge is 0.153 e. The molecule has 1 aliphatic heterocycles. The van der Waals surface area contributed by atoms with E-state index in [9.17, 15) is 0 Å². The molecule has 0 saturated heterocycles. The van der Waals surface area contributed by atoms with Crippen LogP contribution in [0, 0.1) is 0 Å². The van der Waals surface area contributed by atoms with Crippen molar-refractivity contribution in [3.8, 4) is 11.1 Å². The fourth-order valence-corrected chi connectivity index (χ4v) is 7.16. The normalized spacial score (nSPS) is 16.5. The second-order valence-electron chi connectivity index (χ2n) is 12.2. The first kappa shape index (κ1) is 26.9. The number of fused-ring (bicyclic) bond motifs is 7. The van der Waals surface area contributed by atoms with Gasteiger partial charge in [-0.1, -0.05) is 97.1 Å². The van der Waals surface area contributed by atoms with E-state index in [4.69, 9.17) is 18.8 Å². The average molecular weight is 621 g/mol. The molecule has 0 saturated carbocycles. The van der Waals surface area contributed by atoms with Gasteiger partial charge in [-0.05, 0) is 69.9 Å². The molecule has 3 aromatic heterocycles. The summed E-state index contributed by atoms with van der Waals surface area (Å²) in [6, 6.07) is 48.0. The molecular weight excluding hydrogens is 592 g/mol. The molecule has 0 amide bonds. The Bertz CT molecular complexity index is 2710. The minimum Gasteiger partial charge on any atom is -0.456 e. The number of aromatic nitrogens is 1. The van der Waals surface area contributed by atoms with Crippen molar-refractivity contribution in [2.24, 2.45) is 4.99 Å². The molecule has 6 aromatic carbocycles. The van der Waals surface area contributed by atoms with Crippen LogP contribution in [-0.4, -0.2) is 10.8 Å². The van der Waals surface area contributed by atoms with Gasteiger partial charge in [0.25, 0.3) is 0 Å². The molecule has 0 bridgehead atoms. The molecule has 6 nitrogen and oxygen atoms in total. The Kier molecular flexibility index (Phi) is 5.98. The van der Waals surface area contributed by atoms with E-state index in [2.05, 4.69) is 102 Å². The fraction of sp³-hybridized carbons (Fsp3) is 0.0476. The van der Waals surface area contributed by atoms with Crippen molar-refractivity contribution in [2.45, 2.75) is 12.3 Å². The van der Waals surface area contributed by atoms with Crippen LogP contribution in [0.1, 0.15) is 29.0 Å². The fourth-order valence-electron chi connectivity index (χ4n) is 7.16. The highest BCUT2D eigenvalue weighted by Gasteiger charge is 2.29. The summed E-state index contributed by atoms with van der Waals surface area (Å²) in [6.07, 6.45) is 1.35. The zero-order valence-corrected chi connectivity index (χ0v) is 25.7. The van der Waals surface area contributed by atoms with Crippen molar-refractivity contribution in [2.75, 3.05) is 0 Å². The van der Waals surface area contributed by atoms with Crippen LogP contribution in [0.15, 0.2) is 160 Å². The van der Waals surface area contributed by atoms with Crippen LogP contribution in [0.4, 0.5) is 0 Å². The maximum Gasteiger partial charge on any atom is 0.153 e. The van der Waals surface area contributed by atoms with Gasteiger partial charge in [0.2, 0.25) is 0 Å². The third-order valence-electron chi connectivity index (χ3n) is 9.41. The van der Waals surface area contributed by atoms with Gasteiger partial charge < -0.3 is 14.2 Å². The monoisotopic (exact) mass is 620 g/mol. The number of pyridine rings is 1. The highest BCUT2D eigenvalue weighted by Crippen LogP contribution is 2.43. The van der Waals surface area contributed by atoms with Crippen LogP contribution in [0.5, 0.6) is 0 Å². The molecule has 2 N–H and O–H groups in total. The van der Waals surface area contributed by atoms with Crippen molar-refractivity contribution in [3.05, 3.63) is 162 Å². The maximum absolute atomic E-state index is 6.69. The first-order valence-electron chi connectivity index (χ1n) is 16.1. The topological polar surface area (TPSA) is 75.6 Å². The Balaban J connectivity index is 1.20. The van der Waals surface area contributed by atoms with E-state index < -0.39 is 0 Å². The number of amidine groups is 1. The molecule has 228 valence electrons. The van der Waals surface area contributed by atoms with E-state index in [1.165, 1.54) is 10.8 Å². The molecule has 6 heteroatoms. The second-order valence-corrected chi connectivity index (χ2v) is 12.2. The number of aliphatic imine (C=N–C) groups is 1. The number of rotatable bonds is 4. The zero-order valence-electron chi connectivity index (χ0n) is 25.7. The van der Waals surface area contributed by atoms with Gasteiger partial charge in [-0.3, -0.25) is 10.3 Å². The molecule has 2 atom stereocenters. The summed E-state index contributed by atoms with van der Waals surface area (Å²) in [4.78, 5) is 10.2. The summed E-state index contributed by atoms with van der Waals surface area (Å²) < 4.78 is 12.9. The van der Waals surface area contributed by atoms with E-state index in [0.717, 1.165) is 77.7 Å². The van der Waals surface area contributed by atoms with Gasteiger partial charge in [0, 0.05) is 28.1 Å². The second kappa shape index (κ2) is 10.7. The molecular formula is C42H28N4O2. The number of furan rings is 2. The van der Waals surface area contributed by atoms with Crippen molar-refractivity contribution in [3.63, 3.8) is 0 Å². The van der Waals surface area contributed by atoms with E-state index in [1.807, 2.05) is 54.7 Å². The summed E-state index contributed by atoms with van der Waals surface area (Å²) in [7, 11) is 0. The summed E-state index contributed by atoms with van der Waals surface area (Å²) in [5.74, 6) is 0.776. The largest absolute Gasteiger partial charge is 0.456 e. The number of benzene rings is 6. The molecule has 0 fully saturated rings. The third-order valence-corrected chi connectivity index (χ3v) is 9.41. The van der Waals surface area contributed by atoms with Crippen LogP contribution in [0.2, 0.25) is 0 Å².